The third-order valence-corrected chi connectivity index (χ3v) is 2.49. The molecule has 0 spiro atoms. The van der Waals surface area contributed by atoms with E-state index in [0.29, 0.717) is 25.0 Å². The minimum atomic E-state index is 0.520. The average molecular weight is 250 g/mol. The van der Waals surface area contributed by atoms with E-state index in [1.807, 2.05) is 38.3 Å². The van der Waals surface area contributed by atoms with Crippen LogP contribution in [0.3, 0.4) is 0 Å². The lowest BCUT2D eigenvalue weighted by atomic mass is 10.3. The summed E-state index contributed by atoms with van der Waals surface area (Å²) in [5.41, 5.74) is 1.10. The van der Waals surface area contributed by atoms with Gasteiger partial charge in [0.1, 0.15) is 0 Å². The molecular weight excluding hydrogens is 232 g/mol. The highest BCUT2D eigenvalue weighted by Gasteiger charge is 2.11. The molecule has 7 heteroatoms. The number of aryl methyl sites for hydroxylation is 1. The van der Waals surface area contributed by atoms with E-state index in [0.717, 1.165) is 12.1 Å². The van der Waals surface area contributed by atoms with Gasteiger partial charge in [0.15, 0.2) is 0 Å². The van der Waals surface area contributed by atoms with Crippen LogP contribution in [0.4, 0.5) is 6.01 Å². The monoisotopic (exact) mass is 250 g/mol. The first kappa shape index (κ1) is 12.6. The number of hydrogen-bond acceptors (Lipinski definition) is 6. The molecule has 0 saturated heterocycles. The molecule has 0 aliphatic heterocycles. The smallest absolute Gasteiger partial charge is 0.318 e. The summed E-state index contributed by atoms with van der Waals surface area (Å²) in [6, 6.07) is 0.520. The standard InChI is InChI=1S/C11H18N6O/c1-4-12-6-10-14-15-11(18-10)16(2)7-9-5-13-17(3)8-9/h5,8,12H,4,6-7H2,1-3H3. The van der Waals surface area contributed by atoms with Crippen molar-refractivity contribution in [2.75, 3.05) is 18.5 Å². The molecule has 18 heavy (non-hydrogen) atoms. The van der Waals surface area contributed by atoms with Crippen molar-refractivity contribution in [1.82, 2.24) is 25.3 Å². The minimum absolute atomic E-state index is 0.520. The Hall–Kier alpha value is -1.89. The van der Waals surface area contributed by atoms with Crippen LogP contribution >= 0.6 is 0 Å². The molecule has 2 aromatic rings. The van der Waals surface area contributed by atoms with Gasteiger partial charge >= 0.3 is 6.01 Å². The number of aromatic nitrogens is 4. The van der Waals surface area contributed by atoms with Crippen molar-refractivity contribution in [3.8, 4) is 0 Å². The van der Waals surface area contributed by atoms with Gasteiger partial charge in [0.05, 0.1) is 19.3 Å². The first-order chi connectivity index (χ1) is 8.69. The summed E-state index contributed by atoms with van der Waals surface area (Å²) in [7, 11) is 3.81. The van der Waals surface area contributed by atoms with Crippen molar-refractivity contribution in [1.29, 1.82) is 0 Å². The predicted octanol–water partition coefficient (Wildman–Crippen LogP) is 0.549. The van der Waals surface area contributed by atoms with Crippen LogP contribution in [0.1, 0.15) is 18.4 Å². The maximum absolute atomic E-state index is 5.54. The number of anilines is 1. The molecule has 2 rings (SSSR count). The number of nitrogens with zero attached hydrogens (tertiary/aromatic N) is 5. The van der Waals surface area contributed by atoms with E-state index in [1.165, 1.54) is 0 Å². The lowest BCUT2D eigenvalue weighted by Gasteiger charge is -2.11. The van der Waals surface area contributed by atoms with E-state index in [9.17, 15) is 0 Å². The SMILES string of the molecule is CCNCc1nnc(N(C)Cc2cnn(C)c2)o1. The summed E-state index contributed by atoms with van der Waals surface area (Å²) < 4.78 is 7.31. The molecule has 2 heterocycles. The molecular formula is C11H18N6O. The molecule has 0 aliphatic carbocycles. The lowest BCUT2D eigenvalue weighted by molar-refractivity contribution is 0.469. The zero-order valence-corrected chi connectivity index (χ0v) is 10.9. The highest BCUT2D eigenvalue weighted by molar-refractivity contribution is 5.24. The van der Waals surface area contributed by atoms with E-state index < -0.39 is 0 Å². The van der Waals surface area contributed by atoms with Gasteiger partial charge < -0.3 is 14.6 Å². The van der Waals surface area contributed by atoms with Gasteiger partial charge in [-0.05, 0) is 6.54 Å². The third-order valence-electron chi connectivity index (χ3n) is 2.49. The summed E-state index contributed by atoms with van der Waals surface area (Å²) >= 11 is 0. The molecule has 0 amide bonds. The molecule has 0 aliphatic rings. The zero-order chi connectivity index (χ0) is 13.0. The summed E-state index contributed by atoms with van der Waals surface area (Å²) in [5.74, 6) is 0.602. The molecule has 0 unspecified atom stereocenters. The zero-order valence-electron chi connectivity index (χ0n) is 10.9. The Bertz CT molecular complexity index is 491. The van der Waals surface area contributed by atoms with E-state index >= 15 is 0 Å². The Kier molecular flexibility index (Phi) is 3.93. The molecule has 0 aromatic carbocycles. The molecule has 98 valence electrons. The molecule has 1 N–H and O–H groups in total. The van der Waals surface area contributed by atoms with Crippen LogP contribution in [0, 0.1) is 0 Å². The third kappa shape index (κ3) is 3.07. The van der Waals surface area contributed by atoms with Crippen molar-refractivity contribution < 1.29 is 4.42 Å². The van der Waals surface area contributed by atoms with E-state index in [4.69, 9.17) is 4.42 Å². The van der Waals surface area contributed by atoms with Gasteiger partial charge in [-0.15, -0.1) is 5.10 Å². The fraction of sp³-hybridized carbons (Fsp3) is 0.545. The molecule has 0 saturated carbocycles. The molecule has 7 nitrogen and oxygen atoms in total. The quantitative estimate of drug-likeness (QED) is 0.807. The van der Waals surface area contributed by atoms with Crippen molar-refractivity contribution in [3.63, 3.8) is 0 Å². The number of nitrogens with one attached hydrogen (secondary N) is 1. The highest BCUT2D eigenvalue weighted by atomic mass is 16.4. The number of hydrogen-bond donors (Lipinski definition) is 1. The second-order valence-corrected chi connectivity index (χ2v) is 4.14. The largest absolute Gasteiger partial charge is 0.407 e. The van der Waals surface area contributed by atoms with Crippen molar-refractivity contribution >= 4 is 6.01 Å². The second kappa shape index (κ2) is 5.63. The maximum Gasteiger partial charge on any atom is 0.318 e. The summed E-state index contributed by atoms with van der Waals surface area (Å²) in [6.45, 7) is 4.20. The Morgan fingerprint density at radius 2 is 2.28 bits per heavy atom. The Morgan fingerprint density at radius 1 is 1.44 bits per heavy atom. The van der Waals surface area contributed by atoms with Gasteiger partial charge in [0.2, 0.25) is 5.89 Å². The van der Waals surface area contributed by atoms with Gasteiger partial charge in [-0.3, -0.25) is 4.68 Å². The summed E-state index contributed by atoms with van der Waals surface area (Å²) in [6.07, 6.45) is 3.79. The van der Waals surface area contributed by atoms with Gasteiger partial charge in [-0.2, -0.15) is 5.10 Å². The predicted molar refractivity (Wildman–Crippen MR) is 67.0 cm³/mol. The van der Waals surface area contributed by atoms with Crippen LogP contribution in [-0.4, -0.2) is 33.6 Å². The van der Waals surface area contributed by atoms with Crippen molar-refractivity contribution in [2.24, 2.45) is 7.05 Å². The summed E-state index contributed by atoms with van der Waals surface area (Å²) in [4.78, 5) is 1.90. The maximum atomic E-state index is 5.54. The van der Waals surface area contributed by atoms with Gasteiger partial charge in [0, 0.05) is 25.9 Å². The Morgan fingerprint density at radius 3 is 2.94 bits per heavy atom. The summed E-state index contributed by atoms with van der Waals surface area (Å²) in [5, 5.41) is 15.3. The highest BCUT2D eigenvalue weighted by Crippen LogP contribution is 2.13. The lowest BCUT2D eigenvalue weighted by Crippen LogP contribution is -2.16. The van der Waals surface area contributed by atoms with Crippen LogP contribution in [0.25, 0.3) is 0 Å². The van der Waals surface area contributed by atoms with Crippen LogP contribution in [-0.2, 0) is 20.1 Å². The van der Waals surface area contributed by atoms with Crippen LogP contribution in [0.2, 0.25) is 0 Å². The van der Waals surface area contributed by atoms with Crippen LogP contribution in [0.15, 0.2) is 16.8 Å². The van der Waals surface area contributed by atoms with Crippen molar-refractivity contribution in [2.45, 2.75) is 20.0 Å². The topological polar surface area (TPSA) is 72.0 Å². The molecule has 2 aromatic heterocycles. The van der Waals surface area contributed by atoms with Crippen LogP contribution < -0.4 is 10.2 Å². The number of rotatable bonds is 6. The first-order valence-corrected chi connectivity index (χ1v) is 5.90. The van der Waals surface area contributed by atoms with Gasteiger partial charge in [0.25, 0.3) is 0 Å². The molecule has 0 fully saturated rings. The van der Waals surface area contributed by atoms with Crippen LogP contribution in [0.5, 0.6) is 0 Å². The normalized spacial score (nSPS) is 10.8. The van der Waals surface area contributed by atoms with E-state index in [2.05, 4.69) is 20.6 Å². The minimum Gasteiger partial charge on any atom is -0.407 e. The second-order valence-electron chi connectivity index (χ2n) is 4.14. The molecule has 0 bridgehead atoms. The Balaban J connectivity index is 1.96. The van der Waals surface area contributed by atoms with Crippen molar-refractivity contribution in [3.05, 3.63) is 23.8 Å². The fourth-order valence-corrected chi connectivity index (χ4v) is 1.60. The molecule has 0 atom stereocenters. The Labute approximate surface area is 106 Å². The van der Waals surface area contributed by atoms with Gasteiger partial charge in [-0.25, -0.2) is 0 Å². The van der Waals surface area contributed by atoms with E-state index in [1.54, 1.807) is 4.68 Å². The van der Waals surface area contributed by atoms with Gasteiger partial charge in [-0.1, -0.05) is 12.0 Å². The fourth-order valence-electron chi connectivity index (χ4n) is 1.60. The molecule has 0 radical (unpaired) electrons. The average Bonchev–Trinajstić information content (AvgIpc) is 2.96. The first-order valence-electron chi connectivity index (χ1n) is 5.90. The van der Waals surface area contributed by atoms with E-state index in [-0.39, 0.29) is 0 Å².